The fourth-order valence-electron chi connectivity index (χ4n) is 10.7. The average Bonchev–Trinajstić information content (AvgIpc) is 4.10. The maximum Gasteiger partial charge on any atom is 0.164 e. The van der Waals surface area contributed by atoms with Crippen LogP contribution in [0.3, 0.4) is 0 Å². The predicted molar refractivity (Wildman–Crippen MR) is 268 cm³/mol. The highest BCUT2D eigenvalue weighted by Crippen LogP contribution is 2.51. The van der Waals surface area contributed by atoms with E-state index in [1.165, 1.54) is 44.1 Å². The molecule has 4 heterocycles. The Hall–Kier alpha value is -8.61. The van der Waals surface area contributed by atoms with Gasteiger partial charge in [0.1, 0.15) is 22.3 Å². The predicted octanol–water partition coefficient (Wildman–Crippen LogP) is 15.7. The number of hydrogen-bond acceptors (Lipinski definition) is 5. The second kappa shape index (κ2) is 13.7. The third kappa shape index (κ3) is 5.33. The number of benzene rings is 9. The lowest BCUT2D eigenvalue weighted by Crippen LogP contribution is -2.14. The van der Waals surface area contributed by atoms with Gasteiger partial charge in [-0.05, 0) is 100 Å². The van der Waals surface area contributed by atoms with E-state index in [4.69, 9.17) is 23.8 Å². The van der Waals surface area contributed by atoms with Gasteiger partial charge in [-0.3, -0.25) is 0 Å². The van der Waals surface area contributed by atoms with Crippen molar-refractivity contribution >= 4 is 65.7 Å². The first kappa shape index (κ1) is 36.8. The molecule has 0 fully saturated rings. The highest BCUT2D eigenvalue weighted by atomic mass is 16.3. The van der Waals surface area contributed by atoms with Gasteiger partial charge in [0.15, 0.2) is 17.5 Å². The van der Waals surface area contributed by atoms with Crippen LogP contribution >= 0.6 is 0 Å². The Bertz CT molecular complexity index is 4140. The molecule has 9 aromatic carbocycles. The van der Waals surface area contributed by atoms with E-state index in [0.29, 0.717) is 17.5 Å². The molecule has 4 aromatic heterocycles. The van der Waals surface area contributed by atoms with Crippen LogP contribution in [0.25, 0.3) is 128 Å². The molecule has 0 bridgehead atoms. The number of furan rings is 2. The fourth-order valence-corrected chi connectivity index (χ4v) is 10.7. The van der Waals surface area contributed by atoms with E-state index in [1.54, 1.807) is 0 Å². The third-order valence-corrected chi connectivity index (χ3v) is 13.9. The van der Waals surface area contributed by atoms with Gasteiger partial charge in [-0.25, -0.2) is 15.0 Å². The summed E-state index contributed by atoms with van der Waals surface area (Å²) in [6.45, 7) is 4.71. The van der Waals surface area contributed by atoms with E-state index in [1.807, 2.05) is 72.8 Å². The second-order valence-electron chi connectivity index (χ2n) is 17.9. The molecule has 0 atom stereocenters. The molecule has 13 aromatic rings. The first-order valence-electron chi connectivity index (χ1n) is 22.4. The van der Waals surface area contributed by atoms with Crippen LogP contribution in [0.5, 0.6) is 0 Å². The van der Waals surface area contributed by atoms with Crippen molar-refractivity contribution in [2.45, 2.75) is 19.3 Å². The zero-order valence-corrected chi connectivity index (χ0v) is 36.1. The minimum Gasteiger partial charge on any atom is -0.456 e. The number of rotatable bonds is 5. The second-order valence-corrected chi connectivity index (χ2v) is 17.9. The van der Waals surface area contributed by atoms with Gasteiger partial charge < -0.3 is 13.4 Å². The molecule has 1 aliphatic rings. The van der Waals surface area contributed by atoms with Crippen molar-refractivity contribution in [3.8, 4) is 62.1 Å². The smallest absolute Gasteiger partial charge is 0.164 e. The Morgan fingerprint density at radius 3 is 1.68 bits per heavy atom. The number of fused-ring (bicyclic) bond motifs is 12. The van der Waals surface area contributed by atoms with Crippen LogP contribution in [0.2, 0.25) is 0 Å². The Kier molecular flexibility index (Phi) is 7.64. The van der Waals surface area contributed by atoms with Gasteiger partial charge in [0.05, 0.1) is 11.0 Å². The first-order chi connectivity index (χ1) is 32.5. The van der Waals surface area contributed by atoms with Crippen molar-refractivity contribution in [1.82, 2.24) is 19.5 Å². The largest absolute Gasteiger partial charge is 0.456 e. The van der Waals surface area contributed by atoms with Crippen LogP contribution in [0.15, 0.2) is 203 Å². The van der Waals surface area contributed by atoms with Crippen molar-refractivity contribution in [3.05, 3.63) is 205 Å². The molecule has 0 aliphatic heterocycles. The molecular weight excluding hydrogens is 809 g/mol. The van der Waals surface area contributed by atoms with Gasteiger partial charge in [0.2, 0.25) is 0 Å². The SMILES string of the molecule is CC1(C)c2ccccc2-c2cc3c(cc21)c1cc(-c2ccc4oc5cccc(-c6nc(-c7ccccc7)nc(-c7cccc8oc9ccccc9c78)n6)c5c4c2)ccc1n3-c1ccccc1. The van der Waals surface area contributed by atoms with Crippen molar-refractivity contribution in [2.24, 2.45) is 0 Å². The van der Waals surface area contributed by atoms with Gasteiger partial charge in [0.25, 0.3) is 0 Å². The molecule has 310 valence electrons. The summed E-state index contributed by atoms with van der Waals surface area (Å²) in [5.41, 5.74) is 16.8. The summed E-state index contributed by atoms with van der Waals surface area (Å²) in [4.78, 5) is 15.6. The maximum absolute atomic E-state index is 6.61. The van der Waals surface area contributed by atoms with E-state index < -0.39 is 0 Å². The topological polar surface area (TPSA) is 69.9 Å². The van der Waals surface area contributed by atoms with E-state index in [-0.39, 0.29) is 5.41 Å². The van der Waals surface area contributed by atoms with E-state index in [9.17, 15) is 0 Å². The standard InChI is InChI=1S/C60H38N4O2/c1-60(2)47-23-11-9-19-39(47)43-34-50-45(33-48(43)60)44-31-36(27-29-49(44)64(50)38-17-7-4-8-18-38)37-28-30-52-46(32-37)56-42(22-14-26-54(56)66-52)59-62-57(35-15-5-3-6-16-35)61-58(63-59)41-21-13-25-53-55(41)40-20-10-12-24-51(40)65-53/h3-34H,1-2H3. The Morgan fingerprint density at radius 2 is 0.924 bits per heavy atom. The molecule has 1 aliphatic carbocycles. The summed E-state index contributed by atoms with van der Waals surface area (Å²) >= 11 is 0. The zero-order chi connectivity index (χ0) is 43.7. The van der Waals surface area contributed by atoms with Gasteiger partial charge in [-0.2, -0.15) is 0 Å². The van der Waals surface area contributed by atoms with Crippen molar-refractivity contribution in [2.75, 3.05) is 0 Å². The highest BCUT2D eigenvalue weighted by molar-refractivity contribution is 6.15. The number of aromatic nitrogens is 4. The third-order valence-electron chi connectivity index (χ3n) is 13.9. The highest BCUT2D eigenvalue weighted by Gasteiger charge is 2.36. The Balaban J connectivity index is 0.966. The molecule has 6 nitrogen and oxygen atoms in total. The lowest BCUT2D eigenvalue weighted by atomic mass is 9.82. The molecule has 0 spiro atoms. The summed E-state index contributed by atoms with van der Waals surface area (Å²) in [7, 11) is 0. The maximum atomic E-state index is 6.61. The molecule has 0 saturated heterocycles. The minimum atomic E-state index is -0.119. The number of para-hydroxylation sites is 2. The van der Waals surface area contributed by atoms with Crippen molar-refractivity contribution < 1.29 is 8.83 Å². The zero-order valence-electron chi connectivity index (χ0n) is 36.1. The summed E-state index contributed by atoms with van der Waals surface area (Å²) < 4.78 is 15.3. The lowest BCUT2D eigenvalue weighted by Gasteiger charge is -2.21. The van der Waals surface area contributed by atoms with Gasteiger partial charge in [-0.1, -0.05) is 141 Å². The molecule has 0 radical (unpaired) electrons. The lowest BCUT2D eigenvalue weighted by molar-refractivity contribution is 0.661. The fraction of sp³-hybridized carbons (Fsp3) is 0.0500. The van der Waals surface area contributed by atoms with Crippen LogP contribution in [-0.4, -0.2) is 19.5 Å². The van der Waals surface area contributed by atoms with Gasteiger partial charge in [0, 0.05) is 60.1 Å². The summed E-state index contributed by atoms with van der Waals surface area (Å²) in [5, 5.41) is 6.40. The molecule has 6 heteroatoms. The minimum absolute atomic E-state index is 0.119. The molecule has 0 unspecified atom stereocenters. The van der Waals surface area contributed by atoms with Crippen molar-refractivity contribution in [3.63, 3.8) is 0 Å². The summed E-state index contributed by atoms with van der Waals surface area (Å²) in [6, 6.07) is 68.3. The monoisotopic (exact) mass is 846 g/mol. The van der Waals surface area contributed by atoms with Gasteiger partial charge >= 0.3 is 0 Å². The Morgan fingerprint density at radius 1 is 0.364 bits per heavy atom. The number of nitrogens with zero attached hydrogens (tertiary/aromatic N) is 4. The summed E-state index contributed by atoms with van der Waals surface area (Å²) in [6.07, 6.45) is 0. The molecular formula is C60H38N4O2. The van der Waals surface area contributed by atoms with Crippen LogP contribution < -0.4 is 0 Å². The summed E-state index contributed by atoms with van der Waals surface area (Å²) in [5.74, 6) is 1.73. The van der Waals surface area contributed by atoms with Gasteiger partial charge in [-0.15, -0.1) is 0 Å². The van der Waals surface area contributed by atoms with Crippen LogP contribution in [0.4, 0.5) is 0 Å². The molecule has 0 amide bonds. The molecule has 0 N–H and O–H groups in total. The molecule has 0 saturated carbocycles. The van der Waals surface area contributed by atoms with E-state index in [0.717, 1.165) is 77.4 Å². The molecule has 14 rings (SSSR count). The Labute approximate surface area is 379 Å². The number of hydrogen-bond donors (Lipinski definition) is 0. The quantitative estimate of drug-likeness (QED) is 0.173. The molecule has 66 heavy (non-hydrogen) atoms. The van der Waals surface area contributed by atoms with Crippen LogP contribution in [-0.2, 0) is 5.41 Å². The van der Waals surface area contributed by atoms with Crippen LogP contribution in [0, 0.1) is 0 Å². The normalized spacial score (nSPS) is 13.1. The average molecular weight is 847 g/mol. The van der Waals surface area contributed by atoms with Crippen LogP contribution in [0.1, 0.15) is 25.0 Å². The van der Waals surface area contributed by atoms with Crippen molar-refractivity contribution in [1.29, 1.82) is 0 Å². The first-order valence-corrected chi connectivity index (χ1v) is 22.4. The van der Waals surface area contributed by atoms with E-state index in [2.05, 4.69) is 140 Å². The van der Waals surface area contributed by atoms with E-state index >= 15 is 0 Å².